The van der Waals surface area contributed by atoms with E-state index in [1.807, 2.05) is 23.5 Å². The summed E-state index contributed by atoms with van der Waals surface area (Å²) < 4.78 is 11.3. The quantitative estimate of drug-likeness (QED) is 0.675. The van der Waals surface area contributed by atoms with Crippen LogP contribution in [0.1, 0.15) is 23.6 Å². The molecule has 3 aromatic rings. The van der Waals surface area contributed by atoms with Crippen molar-refractivity contribution in [3.63, 3.8) is 0 Å². The van der Waals surface area contributed by atoms with Gasteiger partial charge in [-0.15, -0.1) is 11.3 Å². The molecular formula is C18H20N4O2S. The van der Waals surface area contributed by atoms with E-state index >= 15 is 0 Å². The first-order valence-corrected chi connectivity index (χ1v) is 9.34. The van der Waals surface area contributed by atoms with Gasteiger partial charge in [-0.2, -0.15) is 4.98 Å². The Morgan fingerprint density at radius 1 is 1.32 bits per heavy atom. The number of ether oxygens (including phenoxy) is 1. The summed E-state index contributed by atoms with van der Waals surface area (Å²) in [6, 6.07) is 8.05. The predicted octanol–water partition coefficient (Wildman–Crippen LogP) is 3.37. The highest BCUT2D eigenvalue weighted by Gasteiger charge is 2.21. The number of likely N-dealkylation sites (tertiary alicyclic amines) is 1. The first kappa shape index (κ1) is 16.4. The van der Waals surface area contributed by atoms with Crippen molar-refractivity contribution in [3.8, 4) is 11.4 Å². The number of hydrogen-bond acceptors (Lipinski definition) is 7. The van der Waals surface area contributed by atoms with Gasteiger partial charge in [0.1, 0.15) is 6.61 Å². The molecule has 0 radical (unpaired) electrons. The van der Waals surface area contributed by atoms with Gasteiger partial charge in [0, 0.05) is 35.9 Å². The Bertz CT molecular complexity index is 775. The molecule has 1 unspecified atom stereocenters. The molecule has 0 spiro atoms. The number of nitrogens with zero attached hydrogens (tertiary/aromatic N) is 4. The molecule has 1 aliphatic rings. The molecule has 6 nitrogen and oxygen atoms in total. The van der Waals surface area contributed by atoms with Crippen LogP contribution in [0.4, 0.5) is 0 Å². The molecular weight excluding hydrogens is 336 g/mol. The van der Waals surface area contributed by atoms with E-state index in [2.05, 4.69) is 37.5 Å². The van der Waals surface area contributed by atoms with Crippen LogP contribution < -0.4 is 0 Å². The van der Waals surface area contributed by atoms with Crippen molar-refractivity contribution in [2.45, 2.75) is 32.1 Å². The third-order valence-corrected chi connectivity index (χ3v) is 5.11. The van der Waals surface area contributed by atoms with E-state index in [1.165, 1.54) is 4.88 Å². The lowest BCUT2D eigenvalue weighted by Crippen LogP contribution is -2.38. The van der Waals surface area contributed by atoms with E-state index in [0.717, 1.165) is 38.0 Å². The summed E-state index contributed by atoms with van der Waals surface area (Å²) in [5.74, 6) is 1.06. The molecule has 130 valence electrons. The second kappa shape index (κ2) is 7.86. The highest BCUT2D eigenvalue weighted by Crippen LogP contribution is 2.20. The minimum atomic E-state index is 0.211. The Labute approximate surface area is 150 Å². The minimum absolute atomic E-state index is 0.211. The van der Waals surface area contributed by atoms with Gasteiger partial charge < -0.3 is 9.26 Å². The molecule has 25 heavy (non-hydrogen) atoms. The second-order valence-corrected chi connectivity index (χ2v) is 7.18. The van der Waals surface area contributed by atoms with Crippen molar-refractivity contribution in [3.05, 3.63) is 52.8 Å². The molecule has 1 saturated heterocycles. The molecule has 1 fully saturated rings. The van der Waals surface area contributed by atoms with Crippen LogP contribution in [0.5, 0.6) is 0 Å². The molecule has 0 saturated carbocycles. The zero-order valence-corrected chi connectivity index (χ0v) is 14.7. The third kappa shape index (κ3) is 4.31. The van der Waals surface area contributed by atoms with Crippen molar-refractivity contribution in [1.29, 1.82) is 0 Å². The average Bonchev–Trinajstić information content (AvgIpc) is 3.33. The maximum atomic E-state index is 6.02. The summed E-state index contributed by atoms with van der Waals surface area (Å²) in [6.07, 6.45) is 5.88. The monoisotopic (exact) mass is 356 g/mol. The molecule has 3 aromatic heterocycles. The summed E-state index contributed by atoms with van der Waals surface area (Å²) in [5.41, 5.74) is 0.845. The molecule has 0 aromatic carbocycles. The molecule has 0 aliphatic carbocycles. The Hall–Kier alpha value is -2.09. The van der Waals surface area contributed by atoms with Crippen molar-refractivity contribution >= 4 is 11.3 Å². The van der Waals surface area contributed by atoms with Crippen molar-refractivity contribution < 1.29 is 9.26 Å². The number of aromatic nitrogens is 3. The highest BCUT2D eigenvalue weighted by molar-refractivity contribution is 7.09. The fraction of sp³-hybridized carbons (Fsp3) is 0.389. The van der Waals surface area contributed by atoms with Crippen LogP contribution in [-0.2, 0) is 17.9 Å². The molecule has 0 bridgehead atoms. The zero-order chi connectivity index (χ0) is 16.9. The normalized spacial score (nSPS) is 18.5. The van der Waals surface area contributed by atoms with Crippen LogP contribution in [0.2, 0.25) is 0 Å². The summed E-state index contributed by atoms with van der Waals surface area (Å²) in [4.78, 5) is 12.3. The lowest BCUT2D eigenvalue weighted by Gasteiger charge is -2.32. The van der Waals surface area contributed by atoms with Gasteiger partial charge in [0.15, 0.2) is 0 Å². The highest BCUT2D eigenvalue weighted by atomic mass is 32.1. The Kier molecular flexibility index (Phi) is 5.15. The summed E-state index contributed by atoms with van der Waals surface area (Å²) in [5, 5.41) is 6.13. The van der Waals surface area contributed by atoms with Crippen LogP contribution in [-0.4, -0.2) is 39.2 Å². The van der Waals surface area contributed by atoms with E-state index < -0.39 is 0 Å². The number of piperidine rings is 1. The van der Waals surface area contributed by atoms with Crippen LogP contribution in [0, 0.1) is 0 Å². The standard InChI is InChI=1S/C18H20N4O2S/c1-4-14(10-19-7-1)18-20-17(24-21-18)13-23-15-5-2-8-22(11-15)12-16-6-3-9-25-16/h1,3-4,6-7,9-10,15H,2,5,8,11-13H2. The smallest absolute Gasteiger partial charge is 0.252 e. The topological polar surface area (TPSA) is 64.3 Å². The lowest BCUT2D eigenvalue weighted by molar-refractivity contribution is -0.0208. The first-order valence-electron chi connectivity index (χ1n) is 8.46. The fourth-order valence-electron chi connectivity index (χ4n) is 3.03. The van der Waals surface area contributed by atoms with Gasteiger partial charge in [0.25, 0.3) is 5.89 Å². The second-order valence-electron chi connectivity index (χ2n) is 6.14. The Morgan fingerprint density at radius 2 is 2.32 bits per heavy atom. The van der Waals surface area contributed by atoms with Crippen LogP contribution in [0.15, 0.2) is 46.6 Å². The SMILES string of the molecule is c1cncc(-c2noc(COC3CCCN(Cc4cccs4)C3)n2)c1. The van der Waals surface area contributed by atoms with Gasteiger partial charge in [0.2, 0.25) is 5.82 Å². The van der Waals surface area contributed by atoms with Gasteiger partial charge in [-0.1, -0.05) is 11.2 Å². The molecule has 7 heteroatoms. The lowest BCUT2D eigenvalue weighted by atomic mass is 10.1. The largest absolute Gasteiger partial charge is 0.367 e. The van der Waals surface area contributed by atoms with Crippen molar-refractivity contribution in [2.75, 3.05) is 13.1 Å². The average molecular weight is 356 g/mol. The van der Waals surface area contributed by atoms with E-state index in [4.69, 9.17) is 9.26 Å². The van der Waals surface area contributed by atoms with E-state index in [0.29, 0.717) is 18.3 Å². The van der Waals surface area contributed by atoms with Crippen molar-refractivity contribution in [2.24, 2.45) is 0 Å². The maximum Gasteiger partial charge on any atom is 0.252 e. The molecule has 4 rings (SSSR count). The number of pyridine rings is 1. The Balaban J connectivity index is 1.30. The summed E-state index contributed by atoms with van der Waals surface area (Å²) >= 11 is 1.81. The van der Waals surface area contributed by atoms with Crippen LogP contribution in [0.3, 0.4) is 0 Å². The predicted molar refractivity (Wildman–Crippen MR) is 94.9 cm³/mol. The van der Waals surface area contributed by atoms with Gasteiger partial charge in [-0.05, 0) is 43.0 Å². The van der Waals surface area contributed by atoms with E-state index in [9.17, 15) is 0 Å². The van der Waals surface area contributed by atoms with E-state index in [1.54, 1.807) is 12.4 Å². The van der Waals surface area contributed by atoms with Crippen LogP contribution >= 0.6 is 11.3 Å². The third-order valence-electron chi connectivity index (χ3n) is 4.25. The van der Waals surface area contributed by atoms with Gasteiger partial charge in [-0.25, -0.2) is 0 Å². The minimum Gasteiger partial charge on any atom is -0.367 e. The van der Waals surface area contributed by atoms with Gasteiger partial charge in [-0.3, -0.25) is 9.88 Å². The van der Waals surface area contributed by atoms with Crippen LogP contribution in [0.25, 0.3) is 11.4 Å². The summed E-state index contributed by atoms with van der Waals surface area (Å²) in [6.45, 7) is 3.43. The number of thiophene rings is 1. The zero-order valence-electron chi connectivity index (χ0n) is 13.9. The Morgan fingerprint density at radius 3 is 3.16 bits per heavy atom. The first-order chi connectivity index (χ1) is 12.4. The van der Waals surface area contributed by atoms with Gasteiger partial charge in [0.05, 0.1) is 6.10 Å². The van der Waals surface area contributed by atoms with Crippen molar-refractivity contribution in [1.82, 2.24) is 20.0 Å². The molecule has 1 aliphatic heterocycles. The van der Waals surface area contributed by atoms with Gasteiger partial charge >= 0.3 is 0 Å². The molecule has 1 atom stereocenters. The summed E-state index contributed by atoms with van der Waals surface area (Å²) in [7, 11) is 0. The molecule has 0 amide bonds. The number of hydrogen-bond donors (Lipinski definition) is 0. The maximum absolute atomic E-state index is 6.02. The van der Waals surface area contributed by atoms with E-state index in [-0.39, 0.29) is 6.10 Å². The number of rotatable bonds is 6. The molecule has 4 heterocycles. The fourth-order valence-corrected chi connectivity index (χ4v) is 3.78. The molecule has 0 N–H and O–H groups in total.